The average molecular weight is 530 g/mol. The topological polar surface area (TPSA) is 58.2 Å². The van der Waals surface area contributed by atoms with Crippen LogP contribution in [0, 0.1) is 12.8 Å². The number of hydrogen-bond acceptors (Lipinski definition) is 3. The number of sulfonamides is 1. The van der Waals surface area contributed by atoms with Crippen molar-refractivity contribution in [3.8, 4) is 0 Å². The van der Waals surface area contributed by atoms with Crippen LogP contribution in [0.4, 0.5) is 11.4 Å². The zero-order valence-electron chi connectivity index (χ0n) is 17.3. The lowest BCUT2D eigenvalue weighted by molar-refractivity contribution is 0.425. The normalized spacial score (nSPS) is 21.5. The Morgan fingerprint density at radius 3 is 2.59 bits per heavy atom. The molecule has 0 aromatic heterocycles. The van der Waals surface area contributed by atoms with E-state index in [1.54, 1.807) is 30.3 Å². The van der Waals surface area contributed by atoms with Crippen LogP contribution in [0.25, 0.3) is 0 Å². The van der Waals surface area contributed by atoms with E-state index >= 15 is 0 Å². The average Bonchev–Trinajstić information content (AvgIpc) is 3.26. The van der Waals surface area contributed by atoms with Gasteiger partial charge in [0.15, 0.2) is 0 Å². The molecule has 3 aromatic carbocycles. The van der Waals surface area contributed by atoms with Crippen LogP contribution in [0.2, 0.25) is 5.02 Å². The number of hydrogen-bond donors (Lipinski definition) is 2. The third-order valence-corrected chi connectivity index (χ3v) is 8.43. The Kier molecular flexibility index (Phi) is 5.56. The van der Waals surface area contributed by atoms with Gasteiger partial charge in [-0.1, -0.05) is 51.8 Å². The Hall–Kier alpha value is -2.28. The number of aryl methyl sites for hydroxylation is 1. The number of halogens is 2. The van der Waals surface area contributed by atoms with E-state index in [9.17, 15) is 8.42 Å². The Labute approximate surface area is 201 Å². The Morgan fingerprint density at radius 2 is 1.84 bits per heavy atom. The summed E-state index contributed by atoms with van der Waals surface area (Å²) in [5.41, 5.74) is 4.53. The molecule has 4 nitrogen and oxygen atoms in total. The summed E-state index contributed by atoms with van der Waals surface area (Å²) in [6, 6.07) is 19.0. The molecule has 1 heterocycles. The molecule has 1 aliphatic heterocycles. The van der Waals surface area contributed by atoms with Crippen molar-refractivity contribution in [1.82, 2.24) is 0 Å². The standard InChI is InChI=1S/C25H22BrClN2O2S/c1-15-13-18(27)9-11-23(15)29-32(30,31)19-10-12-24-22(14-19)20-3-2-4-21(20)25(28-24)16-5-7-17(26)8-6-16/h2-3,5-14,20-21,25,28-29H,4H2,1H3/t20-,21+,25+/m0/s1. The molecule has 0 amide bonds. The highest BCUT2D eigenvalue weighted by Crippen LogP contribution is 2.50. The SMILES string of the molecule is Cc1cc(Cl)ccc1NS(=O)(=O)c1ccc2c(c1)[C@H]1C=CC[C@H]1[C@@H](c1ccc(Br)cc1)N2. The summed E-state index contributed by atoms with van der Waals surface area (Å²) in [7, 11) is -3.73. The van der Waals surface area contributed by atoms with Crippen LogP contribution in [-0.4, -0.2) is 8.42 Å². The van der Waals surface area contributed by atoms with E-state index in [1.807, 2.05) is 13.0 Å². The second kappa shape index (κ2) is 8.25. The summed E-state index contributed by atoms with van der Waals surface area (Å²) in [5, 5.41) is 4.24. The highest BCUT2D eigenvalue weighted by molar-refractivity contribution is 9.10. The Balaban J connectivity index is 1.49. The third-order valence-electron chi connectivity index (χ3n) is 6.31. The zero-order valence-corrected chi connectivity index (χ0v) is 20.5. The van der Waals surface area contributed by atoms with Crippen LogP contribution in [0.15, 0.2) is 82.2 Å². The second-order valence-corrected chi connectivity index (χ2v) is 11.4. The van der Waals surface area contributed by atoms with Crippen LogP contribution in [0.1, 0.15) is 35.1 Å². The fraction of sp³-hybridized carbons (Fsp3) is 0.200. The Morgan fingerprint density at radius 1 is 1.06 bits per heavy atom. The Bertz CT molecular complexity index is 1320. The molecule has 164 valence electrons. The molecule has 0 fully saturated rings. The van der Waals surface area contributed by atoms with Gasteiger partial charge in [0.25, 0.3) is 10.0 Å². The van der Waals surface area contributed by atoms with Crippen LogP contribution < -0.4 is 10.0 Å². The minimum atomic E-state index is -3.73. The van der Waals surface area contributed by atoms with Crippen LogP contribution in [0.5, 0.6) is 0 Å². The number of benzene rings is 3. The number of fused-ring (bicyclic) bond motifs is 3. The van der Waals surface area contributed by atoms with Gasteiger partial charge >= 0.3 is 0 Å². The lowest BCUT2D eigenvalue weighted by Crippen LogP contribution is -2.29. The lowest BCUT2D eigenvalue weighted by atomic mass is 9.77. The highest BCUT2D eigenvalue weighted by atomic mass is 79.9. The van der Waals surface area contributed by atoms with Crippen molar-refractivity contribution in [1.29, 1.82) is 0 Å². The van der Waals surface area contributed by atoms with Crippen molar-refractivity contribution in [2.24, 2.45) is 5.92 Å². The molecular formula is C25H22BrClN2O2S. The molecule has 0 spiro atoms. The van der Waals surface area contributed by atoms with Crippen LogP contribution in [-0.2, 0) is 10.0 Å². The molecule has 0 saturated carbocycles. The second-order valence-electron chi connectivity index (χ2n) is 8.34. The summed E-state index contributed by atoms with van der Waals surface area (Å²) in [6.45, 7) is 1.83. The van der Waals surface area contributed by atoms with Gasteiger partial charge in [0, 0.05) is 21.1 Å². The van der Waals surface area contributed by atoms with E-state index in [4.69, 9.17) is 11.6 Å². The van der Waals surface area contributed by atoms with Gasteiger partial charge in [0.1, 0.15) is 0 Å². The predicted molar refractivity (Wildman–Crippen MR) is 134 cm³/mol. The summed E-state index contributed by atoms with van der Waals surface area (Å²) >= 11 is 9.51. The highest BCUT2D eigenvalue weighted by Gasteiger charge is 2.38. The molecule has 2 aliphatic rings. The molecule has 2 N–H and O–H groups in total. The van der Waals surface area contributed by atoms with Gasteiger partial charge in [-0.05, 0) is 84.5 Å². The molecule has 3 atom stereocenters. The van der Waals surface area contributed by atoms with Crippen molar-refractivity contribution in [3.63, 3.8) is 0 Å². The fourth-order valence-electron chi connectivity index (χ4n) is 4.69. The molecule has 1 aliphatic carbocycles. The minimum Gasteiger partial charge on any atom is -0.378 e. The van der Waals surface area contributed by atoms with E-state index in [0.717, 1.165) is 27.7 Å². The molecule has 0 saturated heterocycles. The largest absolute Gasteiger partial charge is 0.378 e. The monoisotopic (exact) mass is 528 g/mol. The lowest BCUT2D eigenvalue weighted by Gasteiger charge is -2.37. The summed E-state index contributed by atoms with van der Waals surface area (Å²) < 4.78 is 30.1. The van der Waals surface area contributed by atoms with Crippen molar-refractivity contribution in [3.05, 3.63) is 99.0 Å². The number of allylic oxidation sites excluding steroid dienone is 2. The van der Waals surface area contributed by atoms with Crippen LogP contribution >= 0.6 is 27.5 Å². The molecule has 32 heavy (non-hydrogen) atoms. The van der Waals surface area contributed by atoms with Crippen molar-refractivity contribution in [2.75, 3.05) is 10.0 Å². The first-order chi connectivity index (χ1) is 15.3. The number of anilines is 2. The first-order valence-electron chi connectivity index (χ1n) is 10.4. The maximum absolute atomic E-state index is 13.1. The van der Waals surface area contributed by atoms with Gasteiger partial charge in [0.2, 0.25) is 0 Å². The summed E-state index contributed by atoms with van der Waals surface area (Å²) in [6.07, 6.45) is 5.37. The van der Waals surface area contributed by atoms with E-state index in [2.05, 4.69) is 62.4 Å². The molecule has 5 rings (SSSR count). The quantitative estimate of drug-likeness (QED) is 0.356. The van der Waals surface area contributed by atoms with E-state index in [1.165, 1.54) is 5.56 Å². The van der Waals surface area contributed by atoms with Crippen molar-refractivity contribution < 1.29 is 8.42 Å². The minimum absolute atomic E-state index is 0.173. The predicted octanol–water partition coefficient (Wildman–Crippen LogP) is 7.04. The van der Waals surface area contributed by atoms with Crippen LogP contribution in [0.3, 0.4) is 0 Å². The third kappa shape index (κ3) is 3.96. The van der Waals surface area contributed by atoms with E-state index in [0.29, 0.717) is 16.6 Å². The maximum Gasteiger partial charge on any atom is 0.261 e. The number of nitrogens with one attached hydrogen (secondary N) is 2. The first kappa shape index (κ1) is 21.6. The summed E-state index contributed by atoms with van der Waals surface area (Å²) in [5.74, 6) is 0.514. The number of rotatable bonds is 4. The molecule has 0 unspecified atom stereocenters. The van der Waals surface area contributed by atoms with Gasteiger partial charge in [0.05, 0.1) is 16.6 Å². The fourth-order valence-corrected chi connectivity index (χ4v) is 6.34. The smallest absolute Gasteiger partial charge is 0.261 e. The summed E-state index contributed by atoms with van der Waals surface area (Å²) in [4.78, 5) is 0.258. The van der Waals surface area contributed by atoms with Gasteiger partial charge < -0.3 is 5.32 Å². The zero-order chi connectivity index (χ0) is 22.5. The van der Waals surface area contributed by atoms with E-state index in [-0.39, 0.29) is 16.9 Å². The van der Waals surface area contributed by atoms with Gasteiger partial charge in [-0.3, -0.25) is 4.72 Å². The van der Waals surface area contributed by atoms with Gasteiger partial charge in [-0.25, -0.2) is 8.42 Å². The van der Waals surface area contributed by atoms with Crippen molar-refractivity contribution in [2.45, 2.75) is 30.2 Å². The molecule has 3 aromatic rings. The van der Waals surface area contributed by atoms with Crippen molar-refractivity contribution >= 4 is 48.9 Å². The maximum atomic E-state index is 13.1. The van der Waals surface area contributed by atoms with Gasteiger partial charge in [-0.15, -0.1) is 0 Å². The van der Waals surface area contributed by atoms with E-state index < -0.39 is 10.0 Å². The molecule has 7 heteroatoms. The molecule has 0 radical (unpaired) electrons. The first-order valence-corrected chi connectivity index (χ1v) is 13.1. The van der Waals surface area contributed by atoms with Gasteiger partial charge in [-0.2, -0.15) is 0 Å². The molecular weight excluding hydrogens is 508 g/mol. The molecule has 0 bridgehead atoms.